The molecule has 0 spiro atoms. The van der Waals surface area contributed by atoms with Gasteiger partial charge in [-0.25, -0.2) is 4.79 Å². The molecule has 2 N–H and O–H groups in total. The summed E-state index contributed by atoms with van der Waals surface area (Å²) in [7, 11) is 5.22. The van der Waals surface area contributed by atoms with Gasteiger partial charge < -0.3 is 15.5 Å². The first-order valence-electron chi connectivity index (χ1n) is 8.72. The molecule has 0 radical (unpaired) electrons. The van der Waals surface area contributed by atoms with E-state index in [1.807, 2.05) is 6.92 Å². The van der Waals surface area contributed by atoms with Crippen molar-refractivity contribution in [2.24, 2.45) is 0 Å². The molecule has 0 aliphatic rings. The summed E-state index contributed by atoms with van der Waals surface area (Å²) in [6.07, 6.45) is 0.717. The largest absolute Gasteiger partial charge is 0.863 e. The van der Waals surface area contributed by atoms with E-state index in [0.717, 1.165) is 6.42 Å². The van der Waals surface area contributed by atoms with Crippen LogP contribution in [0.25, 0.3) is 0 Å². The molecule has 172 valence electrons. The van der Waals surface area contributed by atoms with Gasteiger partial charge in [0.05, 0.1) is 60.2 Å². The summed E-state index contributed by atoms with van der Waals surface area (Å²) < 4.78 is 0.134. The lowest BCUT2D eigenvalue weighted by molar-refractivity contribution is -0.793. The summed E-state index contributed by atoms with van der Waals surface area (Å²) in [5, 5.41) is 53.8. The lowest BCUT2D eigenvalue weighted by atomic mass is 10.1. The minimum absolute atomic E-state index is 0.106. The Bertz CT molecular complexity index is 830. The third-order valence-corrected chi connectivity index (χ3v) is 3.62. The van der Waals surface area contributed by atoms with E-state index in [1.165, 1.54) is 0 Å². The lowest BCUT2D eigenvalue weighted by Gasteiger charge is -2.26. The number of amides is 1. The molecule has 1 amide bonds. The maximum atomic E-state index is 11.9. The van der Waals surface area contributed by atoms with Gasteiger partial charge in [-0.05, 0) is 13.0 Å². The van der Waals surface area contributed by atoms with Crippen molar-refractivity contribution >= 4 is 28.9 Å². The number of hydrogen-bond donors (Lipinski definition) is 2. The van der Waals surface area contributed by atoms with E-state index < -0.39 is 49.6 Å². The van der Waals surface area contributed by atoms with Crippen LogP contribution < -0.4 is 10.4 Å². The Morgan fingerprint density at radius 1 is 1.03 bits per heavy atom. The fraction of sp³-hybridized carbons (Fsp3) is 0.500. The van der Waals surface area contributed by atoms with Crippen LogP contribution in [0.5, 0.6) is 5.75 Å². The number of hydrogen-bond acceptors (Lipinski definition) is 10. The minimum atomic E-state index is -1.46. The summed E-state index contributed by atoms with van der Waals surface area (Å²) in [5.41, 5.74) is -3.26. The van der Waals surface area contributed by atoms with E-state index in [0.29, 0.717) is 18.7 Å². The number of quaternary nitrogens is 1. The van der Waals surface area contributed by atoms with Crippen molar-refractivity contribution in [1.82, 2.24) is 5.32 Å². The van der Waals surface area contributed by atoms with Gasteiger partial charge >= 0.3 is 11.9 Å². The van der Waals surface area contributed by atoms with Crippen molar-refractivity contribution in [3.8, 4) is 5.75 Å². The van der Waals surface area contributed by atoms with Crippen LogP contribution in [-0.2, 0) is 9.59 Å². The van der Waals surface area contributed by atoms with E-state index in [4.69, 9.17) is 5.11 Å². The first kappa shape index (κ1) is 27.3. The van der Waals surface area contributed by atoms with Gasteiger partial charge in [0.25, 0.3) is 17.1 Å². The number of carboxylic acid groups (broad SMARTS) is 1. The number of nitro groups is 3. The van der Waals surface area contributed by atoms with Crippen molar-refractivity contribution in [2.75, 3.05) is 27.7 Å². The molecule has 15 heteroatoms. The zero-order valence-electron chi connectivity index (χ0n) is 17.3. The van der Waals surface area contributed by atoms with Crippen LogP contribution >= 0.6 is 0 Å². The minimum Gasteiger partial charge on any atom is -0.863 e. The third kappa shape index (κ3) is 8.67. The smallest absolute Gasteiger partial charge is 0.330 e. The van der Waals surface area contributed by atoms with E-state index in [1.54, 1.807) is 21.1 Å². The van der Waals surface area contributed by atoms with Gasteiger partial charge in [0, 0.05) is 0 Å². The van der Waals surface area contributed by atoms with Gasteiger partial charge in [-0.1, -0.05) is 6.92 Å². The molecule has 1 aromatic rings. The normalized spacial score (nSPS) is 11.6. The maximum absolute atomic E-state index is 11.9. The number of aliphatic carboxylic acids is 1. The maximum Gasteiger partial charge on any atom is 0.330 e. The Morgan fingerprint density at radius 2 is 1.48 bits per heavy atom. The molecule has 1 rings (SSSR count). The third-order valence-electron chi connectivity index (χ3n) is 3.62. The average Bonchev–Trinajstić information content (AvgIpc) is 2.63. The summed E-state index contributed by atoms with van der Waals surface area (Å²) in [6.45, 7) is 2.63. The number of non-ortho nitro benzene ring substituents is 1. The van der Waals surface area contributed by atoms with Crippen LogP contribution in [0.3, 0.4) is 0 Å². The molecule has 1 aromatic carbocycles. The molecular formula is C16H23N5O10. The SMILES string of the molecule is CCCNC(CC(=O)O)C(=O)[N+](C)(C)C.O=[N+]([O-])c1cc([N+](=O)[O-])c([O-])c([N+](=O)[O-])c1. The van der Waals surface area contributed by atoms with E-state index in [2.05, 4.69) is 5.32 Å². The Hall–Kier alpha value is -3.72. The molecule has 0 aromatic heterocycles. The molecule has 0 bridgehead atoms. The highest BCUT2D eigenvalue weighted by Crippen LogP contribution is 2.36. The van der Waals surface area contributed by atoms with Crippen LogP contribution in [0.1, 0.15) is 19.8 Å². The van der Waals surface area contributed by atoms with E-state index >= 15 is 0 Å². The van der Waals surface area contributed by atoms with Gasteiger partial charge in [-0.2, -0.15) is 0 Å². The zero-order chi connectivity index (χ0) is 24.5. The fourth-order valence-electron chi connectivity index (χ4n) is 2.17. The Balaban J connectivity index is 0.000000582. The second kappa shape index (κ2) is 11.5. The average molecular weight is 445 g/mol. The van der Waals surface area contributed by atoms with Crippen molar-refractivity contribution in [1.29, 1.82) is 0 Å². The molecule has 0 aliphatic carbocycles. The van der Waals surface area contributed by atoms with Crippen molar-refractivity contribution in [3.63, 3.8) is 0 Å². The lowest BCUT2D eigenvalue weighted by Crippen LogP contribution is -2.53. The van der Waals surface area contributed by atoms with Crippen molar-refractivity contribution in [2.45, 2.75) is 25.8 Å². The monoisotopic (exact) mass is 445 g/mol. The number of nitro benzene ring substituents is 3. The topological polar surface area (TPSA) is 219 Å². The quantitative estimate of drug-likeness (QED) is 0.303. The highest BCUT2D eigenvalue weighted by Gasteiger charge is 2.32. The number of carbonyl (C=O) groups excluding carboxylic acids is 1. The first-order valence-corrected chi connectivity index (χ1v) is 8.72. The summed E-state index contributed by atoms with van der Waals surface area (Å²) in [6, 6.07) is 0.174. The van der Waals surface area contributed by atoms with Gasteiger partial charge in [-0.3, -0.25) is 39.6 Å². The summed E-state index contributed by atoms with van der Waals surface area (Å²) in [5.74, 6) is -2.52. The molecule has 1 unspecified atom stereocenters. The molecule has 31 heavy (non-hydrogen) atoms. The fourth-order valence-corrected chi connectivity index (χ4v) is 2.17. The van der Waals surface area contributed by atoms with Gasteiger partial charge in [0.15, 0.2) is 0 Å². The highest BCUT2D eigenvalue weighted by atomic mass is 16.6. The van der Waals surface area contributed by atoms with Gasteiger partial charge in [0.2, 0.25) is 0 Å². The number of carboxylic acids is 1. The number of benzene rings is 1. The van der Waals surface area contributed by atoms with Gasteiger partial charge in [-0.15, -0.1) is 0 Å². The standard InChI is InChI=1S/C10H20N2O3.C6H3N3O7/c1-5-6-11-8(7-9(13)14)10(15)12(2,3)4;10-6-4(8(13)14)1-3(7(11)12)2-5(6)9(15)16/h8,11H,5-7H2,1-4H3;1-2,10H. The number of likely N-dealkylation sites (N-methyl/N-ethyl adjacent to an activating group) is 1. The second-order valence-corrected chi connectivity index (χ2v) is 7.04. The number of rotatable bonds is 9. The zero-order valence-corrected chi connectivity index (χ0v) is 17.3. The molecule has 0 heterocycles. The highest BCUT2D eigenvalue weighted by molar-refractivity contribution is 5.81. The molecule has 0 aliphatic heterocycles. The Kier molecular flexibility index (Phi) is 10.1. The molecule has 1 atom stereocenters. The van der Waals surface area contributed by atoms with Crippen molar-refractivity contribution < 1.29 is 39.1 Å². The Labute approximate surface area is 175 Å². The molecule has 15 nitrogen and oxygen atoms in total. The van der Waals surface area contributed by atoms with Crippen molar-refractivity contribution in [3.05, 3.63) is 42.5 Å². The summed E-state index contributed by atoms with van der Waals surface area (Å²) in [4.78, 5) is 50.0. The molecule has 0 saturated heterocycles. The second-order valence-electron chi connectivity index (χ2n) is 7.04. The first-order chi connectivity index (χ1) is 14.1. The summed E-state index contributed by atoms with van der Waals surface area (Å²) >= 11 is 0. The van der Waals surface area contributed by atoms with Gasteiger partial charge in [0.1, 0.15) is 6.04 Å². The number of nitrogens with zero attached hydrogens (tertiary/aromatic N) is 4. The van der Waals surface area contributed by atoms with Crippen LogP contribution in [-0.4, -0.2) is 70.0 Å². The van der Waals surface area contributed by atoms with Crippen LogP contribution in [0, 0.1) is 30.3 Å². The Morgan fingerprint density at radius 3 is 1.77 bits per heavy atom. The predicted molar refractivity (Wildman–Crippen MR) is 103 cm³/mol. The van der Waals surface area contributed by atoms with Crippen LogP contribution in [0.4, 0.5) is 17.1 Å². The number of carbonyl (C=O) groups is 2. The number of nitrogens with one attached hydrogen (secondary N) is 1. The van der Waals surface area contributed by atoms with Crippen LogP contribution in [0.15, 0.2) is 12.1 Å². The molecule has 0 fully saturated rings. The van der Waals surface area contributed by atoms with E-state index in [9.17, 15) is 45.0 Å². The molecular weight excluding hydrogens is 422 g/mol. The van der Waals surface area contributed by atoms with E-state index in [-0.39, 0.29) is 16.8 Å². The van der Waals surface area contributed by atoms with Crippen LogP contribution in [0.2, 0.25) is 0 Å². The molecule has 0 saturated carbocycles. The predicted octanol–water partition coefficient (Wildman–Crippen LogP) is 0.547.